The second kappa shape index (κ2) is 7.51. The van der Waals surface area contributed by atoms with E-state index in [-0.39, 0.29) is 11.4 Å². The first kappa shape index (κ1) is 17.4. The van der Waals surface area contributed by atoms with Gasteiger partial charge in [-0.1, -0.05) is 30.3 Å². The van der Waals surface area contributed by atoms with E-state index < -0.39 is 27.7 Å². The Morgan fingerprint density at radius 2 is 1.75 bits per heavy atom. The molecule has 8 nitrogen and oxygen atoms in total. The van der Waals surface area contributed by atoms with Gasteiger partial charge in [-0.2, -0.15) is 0 Å². The number of nitrogens with zero attached hydrogens (tertiary/aromatic N) is 2. The Bertz CT molecular complexity index is 736. The summed E-state index contributed by atoms with van der Waals surface area (Å²) in [7, 11) is 0. The molecule has 2 atom stereocenters. The number of nitro groups is 2. The second-order valence-corrected chi connectivity index (χ2v) is 5.41. The summed E-state index contributed by atoms with van der Waals surface area (Å²) >= 11 is 0. The van der Waals surface area contributed by atoms with E-state index in [1.807, 2.05) is 30.3 Å². The largest absolute Gasteiger partial charge is 0.391 e. The third kappa shape index (κ3) is 4.26. The van der Waals surface area contributed by atoms with Gasteiger partial charge in [-0.15, -0.1) is 0 Å². The Kier molecular flexibility index (Phi) is 5.43. The fourth-order valence-corrected chi connectivity index (χ4v) is 2.28. The van der Waals surface area contributed by atoms with Crippen LogP contribution in [0.3, 0.4) is 0 Å². The highest BCUT2D eigenvalue weighted by atomic mass is 16.6. The highest BCUT2D eigenvalue weighted by Crippen LogP contribution is 2.29. The summed E-state index contributed by atoms with van der Waals surface area (Å²) < 4.78 is 0. The first-order chi connectivity index (χ1) is 11.4. The van der Waals surface area contributed by atoms with Crippen molar-refractivity contribution >= 4 is 17.1 Å². The molecule has 0 saturated heterocycles. The molecule has 2 N–H and O–H groups in total. The molecule has 126 valence electrons. The second-order valence-electron chi connectivity index (χ2n) is 5.41. The third-order valence-corrected chi connectivity index (χ3v) is 3.64. The molecular weight excluding hydrogens is 314 g/mol. The quantitative estimate of drug-likeness (QED) is 0.595. The van der Waals surface area contributed by atoms with Crippen LogP contribution in [0.5, 0.6) is 0 Å². The van der Waals surface area contributed by atoms with Gasteiger partial charge in [0.05, 0.1) is 22.0 Å². The number of aliphatic hydroxyl groups is 1. The highest BCUT2D eigenvalue weighted by Gasteiger charge is 2.22. The predicted octanol–water partition coefficient (Wildman–Crippen LogP) is 2.91. The Morgan fingerprint density at radius 3 is 2.33 bits per heavy atom. The molecule has 0 fully saturated rings. The van der Waals surface area contributed by atoms with Gasteiger partial charge in [-0.3, -0.25) is 20.2 Å². The van der Waals surface area contributed by atoms with Crippen molar-refractivity contribution in [1.29, 1.82) is 0 Å². The first-order valence-corrected chi connectivity index (χ1v) is 7.30. The first-order valence-electron chi connectivity index (χ1n) is 7.30. The number of hydrogen-bond acceptors (Lipinski definition) is 6. The normalized spacial score (nSPS) is 13.1. The Balaban J connectivity index is 2.14. The molecule has 2 rings (SSSR count). The Morgan fingerprint density at radius 1 is 1.08 bits per heavy atom. The minimum absolute atomic E-state index is 0.130. The van der Waals surface area contributed by atoms with Crippen LogP contribution in [0.15, 0.2) is 48.5 Å². The van der Waals surface area contributed by atoms with Gasteiger partial charge in [0.15, 0.2) is 0 Å². The average molecular weight is 331 g/mol. The van der Waals surface area contributed by atoms with Gasteiger partial charge in [0.2, 0.25) is 0 Å². The van der Waals surface area contributed by atoms with Crippen LogP contribution >= 0.6 is 0 Å². The number of non-ortho nitro benzene ring substituents is 1. The molecule has 0 heterocycles. The van der Waals surface area contributed by atoms with Crippen LogP contribution in [-0.4, -0.2) is 27.1 Å². The number of hydrogen-bond donors (Lipinski definition) is 2. The zero-order valence-corrected chi connectivity index (χ0v) is 13.0. The fraction of sp³-hybridized carbons (Fsp3) is 0.250. The van der Waals surface area contributed by atoms with Gasteiger partial charge in [0.25, 0.3) is 11.4 Å². The number of rotatable bonds is 7. The molecule has 0 radical (unpaired) electrons. The molecule has 0 saturated carbocycles. The molecule has 0 aliphatic rings. The van der Waals surface area contributed by atoms with Gasteiger partial charge >= 0.3 is 0 Å². The molecule has 2 aromatic carbocycles. The summed E-state index contributed by atoms with van der Waals surface area (Å²) in [5, 5.41) is 35.0. The predicted molar refractivity (Wildman–Crippen MR) is 89.0 cm³/mol. The molecule has 0 amide bonds. The maximum absolute atomic E-state index is 11.1. The summed E-state index contributed by atoms with van der Waals surface area (Å²) in [4.78, 5) is 20.5. The zero-order valence-electron chi connectivity index (χ0n) is 13.0. The van der Waals surface area contributed by atoms with Crippen LogP contribution in [0.1, 0.15) is 12.5 Å². The molecule has 8 heteroatoms. The van der Waals surface area contributed by atoms with E-state index in [9.17, 15) is 25.3 Å². The SMILES string of the molecule is CC(Nc1ccc([N+](=O)[O-])cc1[N+](=O)[O-])C(O)Cc1ccccc1. The van der Waals surface area contributed by atoms with E-state index in [0.717, 1.165) is 11.6 Å². The van der Waals surface area contributed by atoms with E-state index in [2.05, 4.69) is 5.32 Å². The minimum atomic E-state index is -0.776. The maximum Gasteiger partial charge on any atom is 0.299 e. The van der Waals surface area contributed by atoms with E-state index >= 15 is 0 Å². The Hall–Kier alpha value is -3.00. The topological polar surface area (TPSA) is 119 Å². The van der Waals surface area contributed by atoms with Crippen LogP contribution in [0, 0.1) is 20.2 Å². The number of benzene rings is 2. The van der Waals surface area contributed by atoms with Crippen molar-refractivity contribution in [2.24, 2.45) is 0 Å². The maximum atomic E-state index is 11.1. The lowest BCUT2D eigenvalue weighted by Crippen LogP contribution is -2.32. The van der Waals surface area contributed by atoms with Crippen molar-refractivity contribution in [3.63, 3.8) is 0 Å². The molecule has 2 aromatic rings. The standard InChI is InChI=1S/C16H17N3O5/c1-11(16(20)9-12-5-3-2-4-6-12)17-14-8-7-13(18(21)22)10-15(14)19(23)24/h2-8,10-11,16-17,20H,9H2,1H3. The fourth-order valence-electron chi connectivity index (χ4n) is 2.28. The van der Waals surface area contributed by atoms with Crippen molar-refractivity contribution in [3.05, 3.63) is 74.3 Å². The summed E-state index contributed by atoms with van der Waals surface area (Å²) in [6.07, 6.45) is -0.391. The summed E-state index contributed by atoms with van der Waals surface area (Å²) in [5.74, 6) is 0. The van der Waals surface area contributed by atoms with E-state index in [1.54, 1.807) is 6.92 Å². The van der Waals surface area contributed by atoms with Crippen LogP contribution in [0.2, 0.25) is 0 Å². The van der Waals surface area contributed by atoms with Crippen LogP contribution < -0.4 is 5.32 Å². The van der Waals surface area contributed by atoms with Crippen molar-refractivity contribution in [2.75, 3.05) is 5.32 Å². The highest BCUT2D eigenvalue weighted by molar-refractivity contribution is 5.65. The number of anilines is 1. The molecule has 0 aliphatic carbocycles. The van der Waals surface area contributed by atoms with Gasteiger partial charge in [0, 0.05) is 18.5 Å². The Labute approximate surface area is 138 Å². The number of aliphatic hydroxyl groups excluding tert-OH is 1. The van der Waals surface area contributed by atoms with Gasteiger partial charge in [-0.05, 0) is 18.6 Å². The third-order valence-electron chi connectivity index (χ3n) is 3.64. The summed E-state index contributed by atoms with van der Waals surface area (Å²) in [6.45, 7) is 1.69. The van der Waals surface area contributed by atoms with Crippen LogP contribution in [0.25, 0.3) is 0 Å². The number of nitrogens with one attached hydrogen (secondary N) is 1. The molecule has 24 heavy (non-hydrogen) atoms. The summed E-state index contributed by atoms with van der Waals surface area (Å²) in [5.41, 5.74) is 0.315. The van der Waals surface area contributed by atoms with Gasteiger partial charge < -0.3 is 10.4 Å². The van der Waals surface area contributed by atoms with Crippen molar-refractivity contribution < 1.29 is 15.0 Å². The number of nitro benzene ring substituents is 2. The molecule has 0 aliphatic heterocycles. The molecule has 2 unspecified atom stereocenters. The lowest BCUT2D eigenvalue weighted by Gasteiger charge is -2.21. The van der Waals surface area contributed by atoms with E-state index in [1.165, 1.54) is 12.1 Å². The lowest BCUT2D eigenvalue weighted by molar-refractivity contribution is -0.393. The zero-order chi connectivity index (χ0) is 17.7. The molecule has 0 spiro atoms. The van der Waals surface area contributed by atoms with Crippen molar-refractivity contribution in [1.82, 2.24) is 0 Å². The van der Waals surface area contributed by atoms with E-state index in [4.69, 9.17) is 0 Å². The van der Waals surface area contributed by atoms with Crippen LogP contribution in [-0.2, 0) is 6.42 Å². The molecule has 0 aromatic heterocycles. The lowest BCUT2D eigenvalue weighted by atomic mass is 10.0. The van der Waals surface area contributed by atoms with Gasteiger partial charge in [0.1, 0.15) is 5.69 Å². The van der Waals surface area contributed by atoms with E-state index in [0.29, 0.717) is 6.42 Å². The van der Waals surface area contributed by atoms with Crippen LogP contribution in [0.4, 0.5) is 17.1 Å². The van der Waals surface area contributed by atoms with Gasteiger partial charge in [-0.25, -0.2) is 0 Å². The molecular formula is C16H17N3O5. The molecule has 0 bridgehead atoms. The van der Waals surface area contributed by atoms with Crippen molar-refractivity contribution in [3.8, 4) is 0 Å². The smallest absolute Gasteiger partial charge is 0.299 e. The average Bonchev–Trinajstić information content (AvgIpc) is 2.55. The summed E-state index contributed by atoms with van der Waals surface area (Å²) in [6, 6.07) is 12.2. The van der Waals surface area contributed by atoms with Crippen molar-refractivity contribution in [2.45, 2.75) is 25.5 Å². The minimum Gasteiger partial charge on any atom is -0.391 e. The monoisotopic (exact) mass is 331 g/mol.